The lowest BCUT2D eigenvalue weighted by atomic mass is 10.0. The van der Waals surface area contributed by atoms with E-state index in [0.717, 1.165) is 22.4 Å². The molecular formula is C11H15NO2. The number of esters is 1. The first-order valence-corrected chi connectivity index (χ1v) is 4.48. The zero-order chi connectivity index (χ0) is 10.9. The smallest absolute Gasteiger partial charge is 0.308 e. The van der Waals surface area contributed by atoms with Crippen molar-refractivity contribution in [3.05, 3.63) is 22.8 Å². The number of hydrogen-bond acceptors (Lipinski definition) is 3. The van der Waals surface area contributed by atoms with E-state index < -0.39 is 0 Å². The Labute approximate surface area is 83.9 Å². The van der Waals surface area contributed by atoms with E-state index in [1.165, 1.54) is 6.92 Å². The highest BCUT2D eigenvalue weighted by Gasteiger charge is 2.11. The van der Waals surface area contributed by atoms with Crippen molar-refractivity contribution in [3.8, 4) is 5.75 Å². The molecule has 0 saturated heterocycles. The summed E-state index contributed by atoms with van der Waals surface area (Å²) in [4.78, 5) is 10.9. The van der Waals surface area contributed by atoms with Gasteiger partial charge in [0.15, 0.2) is 0 Å². The van der Waals surface area contributed by atoms with Crippen molar-refractivity contribution in [1.82, 2.24) is 0 Å². The van der Waals surface area contributed by atoms with E-state index in [9.17, 15) is 4.79 Å². The van der Waals surface area contributed by atoms with Crippen LogP contribution in [-0.2, 0) is 4.79 Å². The van der Waals surface area contributed by atoms with Crippen molar-refractivity contribution in [2.75, 3.05) is 5.73 Å². The number of aryl methyl sites for hydroxylation is 1. The summed E-state index contributed by atoms with van der Waals surface area (Å²) in [6.07, 6.45) is 0. The minimum atomic E-state index is -0.305. The third kappa shape index (κ3) is 1.87. The molecule has 0 bridgehead atoms. The molecule has 0 spiro atoms. The van der Waals surface area contributed by atoms with Gasteiger partial charge in [-0.05, 0) is 43.5 Å². The highest BCUT2D eigenvalue weighted by atomic mass is 16.5. The molecule has 76 valence electrons. The van der Waals surface area contributed by atoms with Crippen LogP contribution in [0.1, 0.15) is 23.6 Å². The average molecular weight is 193 g/mol. The highest BCUT2D eigenvalue weighted by molar-refractivity contribution is 5.72. The molecule has 0 fully saturated rings. The first kappa shape index (κ1) is 10.6. The number of hydrogen-bond donors (Lipinski definition) is 1. The molecule has 0 aromatic heterocycles. The molecule has 0 heterocycles. The maximum atomic E-state index is 10.9. The van der Waals surface area contributed by atoms with E-state index in [-0.39, 0.29) is 5.97 Å². The second kappa shape index (κ2) is 3.70. The molecule has 0 saturated carbocycles. The van der Waals surface area contributed by atoms with Gasteiger partial charge >= 0.3 is 5.97 Å². The van der Waals surface area contributed by atoms with E-state index in [4.69, 9.17) is 10.5 Å². The van der Waals surface area contributed by atoms with Gasteiger partial charge in [-0.2, -0.15) is 0 Å². The third-order valence-corrected chi connectivity index (χ3v) is 2.31. The van der Waals surface area contributed by atoms with E-state index in [1.54, 1.807) is 0 Å². The van der Waals surface area contributed by atoms with Crippen molar-refractivity contribution in [1.29, 1.82) is 0 Å². The summed E-state index contributed by atoms with van der Waals surface area (Å²) in [5.74, 6) is 0.324. The van der Waals surface area contributed by atoms with Crippen LogP contribution >= 0.6 is 0 Å². The van der Waals surface area contributed by atoms with E-state index in [1.807, 2.05) is 26.8 Å². The maximum Gasteiger partial charge on any atom is 0.308 e. The number of nitrogen functional groups attached to an aromatic ring is 1. The molecule has 3 heteroatoms. The Morgan fingerprint density at radius 1 is 1.29 bits per heavy atom. The van der Waals surface area contributed by atoms with Crippen LogP contribution in [-0.4, -0.2) is 5.97 Å². The van der Waals surface area contributed by atoms with Crippen LogP contribution in [0.5, 0.6) is 5.75 Å². The van der Waals surface area contributed by atoms with Gasteiger partial charge in [0.05, 0.1) is 0 Å². The van der Waals surface area contributed by atoms with Crippen LogP contribution < -0.4 is 10.5 Å². The van der Waals surface area contributed by atoms with Gasteiger partial charge in [-0.25, -0.2) is 0 Å². The fourth-order valence-corrected chi connectivity index (χ4v) is 1.39. The summed E-state index contributed by atoms with van der Waals surface area (Å²) in [5.41, 5.74) is 9.30. The number of carbonyl (C=O) groups excluding carboxylic acids is 1. The number of benzene rings is 1. The van der Waals surface area contributed by atoms with Crippen LogP contribution in [0.25, 0.3) is 0 Å². The molecule has 0 atom stereocenters. The zero-order valence-corrected chi connectivity index (χ0v) is 8.97. The lowest BCUT2D eigenvalue weighted by molar-refractivity contribution is -0.131. The Hall–Kier alpha value is -1.51. The molecular weight excluding hydrogens is 178 g/mol. The van der Waals surface area contributed by atoms with Crippen LogP contribution in [0.15, 0.2) is 6.07 Å². The SMILES string of the molecule is CC(=O)Oc1c(C)cc(N)c(C)c1C. The molecule has 0 radical (unpaired) electrons. The number of ether oxygens (including phenoxy) is 1. The van der Waals surface area contributed by atoms with E-state index in [0.29, 0.717) is 5.75 Å². The van der Waals surface area contributed by atoms with Crippen molar-refractivity contribution >= 4 is 11.7 Å². The van der Waals surface area contributed by atoms with Gasteiger partial charge in [0, 0.05) is 12.6 Å². The lowest BCUT2D eigenvalue weighted by Crippen LogP contribution is -2.06. The highest BCUT2D eigenvalue weighted by Crippen LogP contribution is 2.30. The fourth-order valence-electron chi connectivity index (χ4n) is 1.39. The van der Waals surface area contributed by atoms with Crippen molar-refractivity contribution in [2.45, 2.75) is 27.7 Å². The first-order valence-electron chi connectivity index (χ1n) is 4.48. The normalized spacial score (nSPS) is 10.0. The second-order valence-electron chi connectivity index (χ2n) is 3.46. The van der Waals surface area contributed by atoms with E-state index >= 15 is 0 Å². The van der Waals surface area contributed by atoms with Crippen molar-refractivity contribution < 1.29 is 9.53 Å². The molecule has 0 unspecified atom stereocenters. The Morgan fingerprint density at radius 2 is 1.86 bits per heavy atom. The second-order valence-corrected chi connectivity index (χ2v) is 3.46. The van der Waals surface area contributed by atoms with Gasteiger partial charge in [-0.3, -0.25) is 4.79 Å². The fraction of sp³-hybridized carbons (Fsp3) is 0.364. The molecule has 3 nitrogen and oxygen atoms in total. The summed E-state index contributed by atoms with van der Waals surface area (Å²) in [6.45, 7) is 7.08. The average Bonchev–Trinajstić information content (AvgIpc) is 2.09. The predicted molar refractivity (Wildman–Crippen MR) is 56.4 cm³/mol. The summed E-state index contributed by atoms with van der Waals surface area (Å²) in [7, 11) is 0. The van der Waals surface area contributed by atoms with Gasteiger partial charge < -0.3 is 10.5 Å². The molecule has 2 N–H and O–H groups in total. The standard InChI is InChI=1S/C11H15NO2/c1-6-5-10(12)7(2)8(3)11(6)14-9(4)13/h5H,12H2,1-4H3. The van der Waals surface area contributed by atoms with Gasteiger partial charge in [0.25, 0.3) is 0 Å². The summed E-state index contributed by atoms with van der Waals surface area (Å²) in [5, 5.41) is 0. The molecule has 0 aliphatic carbocycles. The van der Waals surface area contributed by atoms with Crippen LogP contribution in [0.4, 0.5) is 5.69 Å². The summed E-state index contributed by atoms with van der Waals surface area (Å²) >= 11 is 0. The van der Waals surface area contributed by atoms with E-state index in [2.05, 4.69) is 0 Å². The first-order chi connectivity index (χ1) is 6.43. The van der Waals surface area contributed by atoms with Crippen LogP contribution in [0.3, 0.4) is 0 Å². The van der Waals surface area contributed by atoms with Crippen molar-refractivity contribution in [3.63, 3.8) is 0 Å². The van der Waals surface area contributed by atoms with Crippen LogP contribution in [0, 0.1) is 20.8 Å². The monoisotopic (exact) mass is 193 g/mol. The zero-order valence-electron chi connectivity index (χ0n) is 8.97. The minimum Gasteiger partial charge on any atom is -0.426 e. The molecule has 0 aliphatic heterocycles. The topological polar surface area (TPSA) is 52.3 Å². The van der Waals surface area contributed by atoms with Crippen LogP contribution in [0.2, 0.25) is 0 Å². The molecule has 14 heavy (non-hydrogen) atoms. The Kier molecular flexibility index (Phi) is 2.79. The lowest BCUT2D eigenvalue weighted by Gasteiger charge is -2.13. The maximum absolute atomic E-state index is 10.9. The number of nitrogens with two attached hydrogens (primary N) is 1. The van der Waals surface area contributed by atoms with Gasteiger partial charge in [0.2, 0.25) is 0 Å². The van der Waals surface area contributed by atoms with Crippen molar-refractivity contribution in [2.24, 2.45) is 0 Å². The molecule has 1 rings (SSSR count). The quantitative estimate of drug-likeness (QED) is 0.422. The largest absolute Gasteiger partial charge is 0.426 e. The number of carbonyl (C=O) groups is 1. The number of anilines is 1. The minimum absolute atomic E-state index is 0.305. The van der Waals surface area contributed by atoms with Gasteiger partial charge in [-0.1, -0.05) is 0 Å². The summed E-state index contributed by atoms with van der Waals surface area (Å²) < 4.78 is 5.12. The predicted octanol–water partition coefficient (Wildman–Crippen LogP) is 2.12. The Morgan fingerprint density at radius 3 is 2.36 bits per heavy atom. The Balaban J connectivity index is 3.29. The molecule has 0 aliphatic rings. The molecule has 0 amide bonds. The molecule has 1 aromatic carbocycles. The van der Waals surface area contributed by atoms with Gasteiger partial charge in [0.1, 0.15) is 5.75 Å². The third-order valence-electron chi connectivity index (χ3n) is 2.31. The summed E-state index contributed by atoms with van der Waals surface area (Å²) in [6, 6.07) is 1.82. The Bertz CT molecular complexity index is 383. The van der Waals surface area contributed by atoms with Gasteiger partial charge in [-0.15, -0.1) is 0 Å². The molecule has 1 aromatic rings. The number of rotatable bonds is 1.